The molecular formula is C13H18F2N2O2. The summed E-state index contributed by atoms with van der Waals surface area (Å²) in [6.45, 7) is -0.680. The monoisotopic (exact) mass is 272 g/mol. The van der Waals surface area contributed by atoms with Crippen molar-refractivity contribution in [2.75, 3.05) is 26.2 Å². The maximum Gasteiger partial charge on any atom is 0.255 e. The third-order valence-corrected chi connectivity index (χ3v) is 2.62. The summed E-state index contributed by atoms with van der Waals surface area (Å²) in [7, 11) is 0. The van der Waals surface area contributed by atoms with E-state index in [-0.39, 0.29) is 13.2 Å². The number of nitrogens with zero attached hydrogens (tertiary/aromatic N) is 1. The molecule has 1 amide bonds. The topological polar surface area (TPSA) is 66.6 Å². The first-order chi connectivity index (χ1) is 9.08. The van der Waals surface area contributed by atoms with Crippen molar-refractivity contribution in [3.8, 4) is 0 Å². The number of halogens is 2. The number of nitrogens with two attached hydrogens (primary N) is 1. The number of aliphatic hydroxyl groups excluding tert-OH is 1. The van der Waals surface area contributed by atoms with Crippen molar-refractivity contribution in [3.05, 3.63) is 35.4 Å². The first kappa shape index (κ1) is 15.5. The van der Waals surface area contributed by atoms with Gasteiger partial charge in [-0.25, -0.2) is 8.78 Å². The SMILES string of the molecule is NCCc1cccc(C(=O)N(CCO)CC(F)F)c1. The molecule has 0 aromatic heterocycles. The van der Waals surface area contributed by atoms with E-state index >= 15 is 0 Å². The molecule has 3 N–H and O–H groups in total. The molecule has 1 aromatic carbocycles. The van der Waals surface area contributed by atoms with E-state index in [4.69, 9.17) is 10.8 Å². The van der Waals surface area contributed by atoms with Gasteiger partial charge in [-0.05, 0) is 30.7 Å². The van der Waals surface area contributed by atoms with Crippen molar-refractivity contribution in [1.82, 2.24) is 4.90 Å². The van der Waals surface area contributed by atoms with E-state index < -0.39 is 18.9 Å². The second-order valence-electron chi connectivity index (χ2n) is 4.10. The van der Waals surface area contributed by atoms with Gasteiger partial charge < -0.3 is 15.7 Å². The van der Waals surface area contributed by atoms with Crippen LogP contribution in [-0.2, 0) is 6.42 Å². The molecule has 0 saturated carbocycles. The van der Waals surface area contributed by atoms with Gasteiger partial charge in [0, 0.05) is 12.1 Å². The van der Waals surface area contributed by atoms with Crippen molar-refractivity contribution < 1.29 is 18.7 Å². The molecule has 0 spiro atoms. The molecule has 19 heavy (non-hydrogen) atoms. The maximum atomic E-state index is 12.4. The van der Waals surface area contributed by atoms with Crippen LogP contribution in [0.1, 0.15) is 15.9 Å². The lowest BCUT2D eigenvalue weighted by atomic mass is 10.1. The number of carbonyl (C=O) groups excluding carboxylic acids is 1. The van der Waals surface area contributed by atoms with Gasteiger partial charge in [0.15, 0.2) is 0 Å². The van der Waals surface area contributed by atoms with Crippen LogP contribution < -0.4 is 5.73 Å². The number of hydrogen-bond donors (Lipinski definition) is 2. The van der Waals surface area contributed by atoms with Crippen LogP contribution >= 0.6 is 0 Å². The van der Waals surface area contributed by atoms with Crippen LogP contribution in [0.15, 0.2) is 24.3 Å². The van der Waals surface area contributed by atoms with Crippen LogP contribution in [0.2, 0.25) is 0 Å². The van der Waals surface area contributed by atoms with Crippen LogP contribution in [0.25, 0.3) is 0 Å². The van der Waals surface area contributed by atoms with Crippen LogP contribution in [0.5, 0.6) is 0 Å². The van der Waals surface area contributed by atoms with Crippen LogP contribution in [-0.4, -0.2) is 48.6 Å². The van der Waals surface area contributed by atoms with E-state index in [9.17, 15) is 13.6 Å². The standard InChI is InChI=1S/C13H18F2N2O2/c14-12(15)9-17(6-7-18)13(19)11-3-1-2-10(8-11)4-5-16/h1-3,8,12,18H,4-7,9,16H2. The number of benzene rings is 1. The molecule has 0 unspecified atom stereocenters. The van der Waals surface area contributed by atoms with Gasteiger partial charge in [-0.3, -0.25) is 4.79 Å². The molecule has 0 aliphatic carbocycles. The van der Waals surface area contributed by atoms with Gasteiger partial charge in [0.1, 0.15) is 0 Å². The molecule has 1 aromatic rings. The lowest BCUT2D eigenvalue weighted by Crippen LogP contribution is -2.37. The molecule has 1 rings (SSSR count). The molecule has 0 saturated heterocycles. The number of aliphatic hydroxyl groups is 1. The summed E-state index contributed by atoms with van der Waals surface area (Å²) in [6, 6.07) is 6.73. The molecule has 0 radical (unpaired) electrons. The fourth-order valence-electron chi connectivity index (χ4n) is 1.77. The summed E-state index contributed by atoms with van der Waals surface area (Å²) < 4.78 is 24.8. The zero-order chi connectivity index (χ0) is 14.3. The number of carbonyl (C=O) groups is 1. The van der Waals surface area contributed by atoms with E-state index in [1.165, 1.54) is 0 Å². The van der Waals surface area contributed by atoms with Crippen molar-refractivity contribution in [2.24, 2.45) is 5.73 Å². The summed E-state index contributed by atoms with van der Waals surface area (Å²) in [4.78, 5) is 13.0. The Balaban J connectivity index is 2.85. The minimum absolute atomic E-state index is 0.107. The summed E-state index contributed by atoms with van der Waals surface area (Å²) in [6.07, 6.45) is -2.00. The molecule has 0 atom stereocenters. The van der Waals surface area contributed by atoms with Gasteiger partial charge in [-0.1, -0.05) is 12.1 Å². The number of rotatable bonds is 7. The Labute approximate surface area is 110 Å². The van der Waals surface area contributed by atoms with Crippen molar-refractivity contribution in [2.45, 2.75) is 12.8 Å². The first-order valence-corrected chi connectivity index (χ1v) is 6.05. The van der Waals surface area contributed by atoms with Gasteiger partial charge in [0.05, 0.1) is 13.2 Å². The number of hydrogen-bond acceptors (Lipinski definition) is 3. The fraction of sp³-hybridized carbons (Fsp3) is 0.462. The molecule has 0 fully saturated rings. The summed E-state index contributed by atoms with van der Waals surface area (Å²) in [5.74, 6) is -0.506. The van der Waals surface area contributed by atoms with Crippen molar-refractivity contribution in [1.29, 1.82) is 0 Å². The number of alkyl halides is 2. The predicted molar refractivity (Wildman–Crippen MR) is 68.2 cm³/mol. The average molecular weight is 272 g/mol. The molecular weight excluding hydrogens is 254 g/mol. The van der Waals surface area contributed by atoms with Crippen LogP contribution in [0.3, 0.4) is 0 Å². The zero-order valence-corrected chi connectivity index (χ0v) is 10.6. The van der Waals surface area contributed by atoms with Gasteiger partial charge in [-0.15, -0.1) is 0 Å². The van der Waals surface area contributed by atoms with E-state index in [1.807, 2.05) is 6.07 Å². The Kier molecular flexibility index (Phi) is 6.38. The van der Waals surface area contributed by atoms with Crippen LogP contribution in [0, 0.1) is 0 Å². The van der Waals surface area contributed by atoms with Crippen molar-refractivity contribution >= 4 is 5.91 Å². The fourth-order valence-corrected chi connectivity index (χ4v) is 1.77. The normalized spacial score (nSPS) is 10.8. The Bertz CT molecular complexity index is 413. The Morgan fingerprint density at radius 2 is 2.16 bits per heavy atom. The molecule has 0 aliphatic rings. The second-order valence-corrected chi connectivity index (χ2v) is 4.10. The Morgan fingerprint density at radius 1 is 1.42 bits per heavy atom. The van der Waals surface area contributed by atoms with Gasteiger partial charge in [0.25, 0.3) is 12.3 Å². The lowest BCUT2D eigenvalue weighted by Gasteiger charge is -2.21. The minimum Gasteiger partial charge on any atom is -0.395 e. The predicted octanol–water partition coefficient (Wildman–Crippen LogP) is 0.887. The molecule has 6 heteroatoms. The molecule has 4 nitrogen and oxygen atoms in total. The van der Waals surface area contributed by atoms with Gasteiger partial charge in [0.2, 0.25) is 0 Å². The second kappa shape index (κ2) is 7.81. The zero-order valence-electron chi connectivity index (χ0n) is 10.6. The lowest BCUT2D eigenvalue weighted by molar-refractivity contribution is 0.0509. The highest BCUT2D eigenvalue weighted by molar-refractivity contribution is 5.94. The van der Waals surface area contributed by atoms with E-state index in [0.717, 1.165) is 10.5 Å². The maximum absolute atomic E-state index is 12.4. The minimum atomic E-state index is -2.62. The summed E-state index contributed by atoms with van der Waals surface area (Å²) in [5, 5.41) is 8.83. The molecule has 0 bridgehead atoms. The van der Waals surface area contributed by atoms with Crippen molar-refractivity contribution in [3.63, 3.8) is 0 Å². The first-order valence-electron chi connectivity index (χ1n) is 6.05. The molecule has 0 heterocycles. The molecule has 0 aliphatic heterocycles. The van der Waals surface area contributed by atoms with Crippen LogP contribution in [0.4, 0.5) is 8.78 Å². The summed E-state index contributed by atoms with van der Waals surface area (Å²) >= 11 is 0. The average Bonchev–Trinajstić information content (AvgIpc) is 2.37. The molecule has 106 valence electrons. The largest absolute Gasteiger partial charge is 0.395 e. The summed E-state index contributed by atoms with van der Waals surface area (Å²) in [5.41, 5.74) is 6.65. The quantitative estimate of drug-likeness (QED) is 0.774. The smallest absolute Gasteiger partial charge is 0.255 e. The van der Waals surface area contributed by atoms with E-state index in [0.29, 0.717) is 18.5 Å². The van der Waals surface area contributed by atoms with Gasteiger partial charge in [-0.2, -0.15) is 0 Å². The highest BCUT2D eigenvalue weighted by atomic mass is 19.3. The highest BCUT2D eigenvalue weighted by Crippen LogP contribution is 2.10. The number of amides is 1. The van der Waals surface area contributed by atoms with Gasteiger partial charge >= 0.3 is 0 Å². The third kappa shape index (κ3) is 4.92. The third-order valence-electron chi connectivity index (χ3n) is 2.62. The van der Waals surface area contributed by atoms with E-state index in [2.05, 4.69) is 0 Å². The van der Waals surface area contributed by atoms with E-state index in [1.54, 1.807) is 18.2 Å². The Hall–Kier alpha value is -1.53. The highest BCUT2D eigenvalue weighted by Gasteiger charge is 2.19. The Morgan fingerprint density at radius 3 is 2.74 bits per heavy atom.